The average molecular weight is 537 g/mol. The molecule has 0 aliphatic heterocycles. The Morgan fingerprint density at radius 2 is 0.811 bits per heavy atom. The summed E-state index contributed by atoms with van der Waals surface area (Å²) >= 11 is 0. The molecule has 0 fully saturated rings. The second-order valence-corrected chi connectivity index (χ2v) is 12.4. The largest absolute Gasteiger partial charge is 0.482 e. The monoisotopic (exact) mass is 536 g/mol. The molecule has 6 nitrogen and oxygen atoms in total. The number of phosphoric ester groups is 1. The van der Waals surface area contributed by atoms with Gasteiger partial charge < -0.3 is 4.52 Å². The number of hydrogen-bond acceptors (Lipinski definition) is 6. The van der Waals surface area contributed by atoms with Gasteiger partial charge in [0.15, 0.2) is 0 Å². The van der Waals surface area contributed by atoms with Crippen LogP contribution in [0, 0.1) is 0 Å². The topological polar surface area (TPSA) is 71.1 Å². The fourth-order valence-corrected chi connectivity index (χ4v) is 7.29. The molecular weight excluding hydrogens is 506 g/mol. The first-order valence-electron chi connectivity index (χ1n) is 12.0. The van der Waals surface area contributed by atoms with Gasteiger partial charge in [-0.2, -0.15) is 0 Å². The van der Waals surface area contributed by atoms with E-state index in [1.54, 1.807) is 0 Å². The summed E-state index contributed by atoms with van der Waals surface area (Å²) in [6.45, 7) is -0.0428. The van der Waals surface area contributed by atoms with Gasteiger partial charge in [-0.3, -0.25) is 13.6 Å². The summed E-state index contributed by atoms with van der Waals surface area (Å²) in [5.41, 5.74) is 3.33. The minimum atomic E-state index is -4.30. The lowest BCUT2D eigenvalue weighted by molar-refractivity contribution is 0.132. The lowest BCUT2D eigenvalue weighted by Crippen LogP contribution is -2.06. The molecule has 0 aliphatic carbocycles. The van der Waals surface area contributed by atoms with Crippen molar-refractivity contribution in [3.05, 3.63) is 144 Å². The molecule has 0 saturated carbocycles. The molecule has 0 radical (unpaired) electrons. The molecule has 192 valence electrons. The van der Waals surface area contributed by atoms with E-state index in [1.807, 2.05) is 121 Å². The third kappa shape index (κ3) is 9.21. The van der Waals surface area contributed by atoms with Gasteiger partial charge in [0, 0.05) is 0 Å². The van der Waals surface area contributed by atoms with Crippen LogP contribution in [0.4, 0.5) is 0 Å². The molecule has 37 heavy (non-hydrogen) atoms. The number of phosphoric acid groups is 1. The Balaban J connectivity index is 1.54. The summed E-state index contributed by atoms with van der Waals surface area (Å²) in [6, 6.07) is 37.4. The van der Waals surface area contributed by atoms with Crippen LogP contribution in [0.1, 0.15) is 22.3 Å². The second-order valence-electron chi connectivity index (χ2n) is 8.38. The first-order chi connectivity index (χ1) is 18.0. The van der Waals surface area contributed by atoms with Crippen molar-refractivity contribution in [3.63, 3.8) is 0 Å². The Kier molecular flexibility index (Phi) is 10.0. The summed E-state index contributed by atoms with van der Waals surface area (Å²) < 4.78 is 50.9. The third-order valence-electron chi connectivity index (χ3n) is 5.48. The molecule has 4 rings (SSSR count). The average Bonchev–Trinajstić information content (AvgIpc) is 2.95. The quantitative estimate of drug-likeness (QED) is 0.151. The highest BCUT2D eigenvalue weighted by molar-refractivity contribution is 7.65. The third-order valence-corrected chi connectivity index (χ3v) is 9.46. The molecule has 0 aliphatic rings. The standard InChI is InChI=1S/C29H30O6P2/c30-36(22-21-26-13-5-1-6-14-26,32-23-27-15-7-2-8-16-27)35-37(31,33-24-28-17-9-3-10-18-28)34-25-29-19-11-4-12-20-29/h1-20H,21-25H2. The maximum Gasteiger partial charge on any atom is 0.482 e. The predicted octanol–water partition coefficient (Wildman–Crippen LogP) is 8.20. The molecule has 8 heteroatoms. The van der Waals surface area contributed by atoms with Crippen LogP contribution in [0.2, 0.25) is 0 Å². The number of rotatable bonds is 14. The molecule has 1 atom stereocenters. The Morgan fingerprint density at radius 1 is 0.459 bits per heavy atom. The van der Waals surface area contributed by atoms with E-state index in [4.69, 9.17) is 17.9 Å². The molecule has 4 aromatic rings. The maximum absolute atomic E-state index is 14.0. The lowest BCUT2D eigenvalue weighted by Gasteiger charge is -2.24. The van der Waals surface area contributed by atoms with Gasteiger partial charge in [0.2, 0.25) is 0 Å². The van der Waals surface area contributed by atoms with E-state index in [1.165, 1.54) is 0 Å². The minimum absolute atomic E-state index is 0.0111. The summed E-state index contributed by atoms with van der Waals surface area (Å²) in [5, 5.41) is 0. The van der Waals surface area contributed by atoms with Crippen LogP contribution in [-0.2, 0) is 53.3 Å². The van der Waals surface area contributed by atoms with Crippen LogP contribution in [0.5, 0.6) is 0 Å². The van der Waals surface area contributed by atoms with Crippen molar-refractivity contribution in [2.45, 2.75) is 26.2 Å². The summed E-state index contributed by atoms with van der Waals surface area (Å²) in [6.07, 6.45) is 0.418. The fourth-order valence-electron chi connectivity index (χ4n) is 3.48. The highest BCUT2D eigenvalue weighted by Gasteiger charge is 2.39. The van der Waals surface area contributed by atoms with Crippen molar-refractivity contribution in [1.82, 2.24) is 0 Å². The van der Waals surface area contributed by atoms with Gasteiger partial charge in [0.25, 0.3) is 0 Å². The number of hydrogen-bond donors (Lipinski definition) is 0. The van der Waals surface area contributed by atoms with E-state index >= 15 is 0 Å². The van der Waals surface area contributed by atoms with Gasteiger partial charge in [-0.05, 0) is 28.7 Å². The molecule has 0 aromatic heterocycles. The Morgan fingerprint density at radius 3 is 1.22 bits per heavy atom. The normalized spacial score (nSPS) is 13.2. The van der Waals surface area contributed by atoms with Crippen molar-refractivity contribution >= 4 is 15.4 Å². The van der Waals surface area contributed by atoms with E-state index in [9.17, 15) is 9.13 Å². The number of aryl methyl sites for hydroxylation is 1. The Hall–Kier alpha value is -2.82. The van der Waals surface area contributed by atoms with E-state index in [2.05, 4.69) is 0 Å². The zero-order valence-corrected chi connectivity index (χ0v) is 22.2. The zero-order valence-electron chi connectivity index (χ0n) is 20.4. The highest BCUT2D eigenvalue weighted by Crippen LogP contribution is 2.66. The lowest BCUT2D eigenvalue weighted by atomic mass is 10.2. The van der Waals surface area contributed by atoms with Gasteiger partial charge in [-0.1, -0.05) is 121 Å². The summed E-state index contributed by atoms with van der Waals surface area (Å²) in [7, 11) is -8.23. The number of benzene rings is 4. The molecular formula is C29H30O6P2. The van der Waals surface area contributed by atoms with Crippen LogP contribution in [0.3, 0.4) is 0 Å². The van der Waals surface area contributed by atoms with Crippen LogP contribution in [-0.4, -0.2) is 6.16 Å². The van der Waals surface area contributed by atoms with Crippen LogP contribution >= 0.6 is 15.4 Å². The molecule has 1 unspecified atom stereocenters. The Labute approximate surface area is 218 Å². The van der Waals surface area contributed by atoms with Gasteiger partial charge >= 0.3 is 15.4 Å². The zero-order chi connectivity index (χ0) is 25.8. The van der Waals surface area contributed by atoms with Crippen LogP contribution in [0.25, 0.3) is 0 Å². The molecule has 0 heterocycles. The van der Waals surface area contributed by atoms with E-state index < -0.39 is 15.4 Å². The second kappa shape index (κ2) is 13.6. The first-order valence-corrected chi connectivity index (χ1v) is 15.2. The van der Waals surface area contributed by atoms with Crippen LogP contribution in [0.15, 0.2) is 121 Å². The van der Waals surface area contributed by atoms with E-state index in [-0.39, 0.29) is 26.0 Å². The van der Waals surface area contributed by atoms with E-state index in [0.717, 1.165) is 22.3 Å². The summed E-state index contributed by atoms with van der Waals surface area (Å²) in [4.78, 5) is 0. The molecule has 0 amide bonds. The molecule has 0 saturated heterocycles. The smallest absolute Gasteiger partial charge is 0.303 e. The van der Waals surface area contributed by atoms with Gasteiger partial charge in [-0.15, -0.1) is 0 Å². The van der Waals surface area contributed by atoms with Gasteiger partial charge in [0.1, 0.15) is 0 Å². The van der Waals surface area contributed by atoms with Crippen LogP contribution < -0.4 is 0 Å². The first kappa shape index (κ1) is 27.2. The molecule has 4 aromatic carbocycles. The summed E-state index contributed by atoms with van der Waals surface area (Å²) in [5.74, 6) is 0. The van der Waals surface area contributed by atoms with Crippen molar-refractivity contribution in [2.24, 2.45) is 0 Å². The molecule has 0 N–H and O–H groups in total. The van der Waals surface area contributed by atoms with Crippen molar-refractivity contribution in [1.29, 1.82) is 0 Å². The van der Waals surface area contributed by atoms with Crippen molar-refractivity contribution in [2.75, 3.05) is 6.16 Å². The van der Waals surface area contributed by atoms with E-state index in [0.29, 0.717) is 6.42 Å². The fraction of sp³-hybridized carbons (Fsp3) is 0.172. The SMILES string of the molecule is O=P(CCc1ccccc1)(OCc1ccccc1)OP(=O)(OCc1ccccc1)OCc1ccccc1. The van der Waals surface area contributed by atoms with Crippen molar-refractivity contribution in [3.8, 4) is 0 Å². The molecule has 0 spiro atoms. The predicted molar refractivity (Wildman–Crippen MR) is 145 cm³/mol. The minimum Gasteiger partial charge on any atom is -0.303 e. The molecule has 0 bridgehead atoms. The van der Waals surface area contributed by atoms with Gasteiger partial charge in [0.05, 0.1) is 26.0 Å². The van der Waals surface area contributed by atoms with Gasteiger partial charge in [-0.25, -0.2) is 8.88 Å². The van der Waals surface area contributed by atoms with Crippen molar-refractivity contribution < 1.29 is 27.0 Å². The highest BCUT2D eigenvalue weighted by atomic mass is 31.3. The Bertz CT molecular complexity index is 1100. The maximum atomic E-state index is 14.0.